The molecule has 0 radical (unpaired) electrons. The molecule has 0 saturated carbocycles. The second-order valence-electron chi connectivity index (χ2n) is 5.36. The average molecular weight is 411 g/mol. The van der Waals surface area contributed by atoms with Crippen LogP contribution in [0.5, 0.6) is 0 Å². The SMILES string of the molecule is CCCNC(Cc1ccc(Br)cc1)c1ccc(C)cc1Br. The summed E-state index contributed by atoms with van der Waals surface area (Å²) in [5, 5.41) is 3.67. The van der Waals surface area contributed by atoms with Crippen LogP contribution < -0.4 is 5.32 Å². The summed E-state index contributed by atoms with van der Waals surface area (Å²) in [7, 11) is 0. The Balaban J connectivity index is 2.22. The van der Waals surface area contributed by atoms with Gasteiger partial charge in [0.2, 0.25) is 0 Å². The van der Waals surface area contributed by atoms with Crippen LogP contribution in [0.1, 0.15) is 36.1 Å². The van der Waals surface area contributed by atoms with Gasteiger partial charge in [-0.1, -0.05) is 63.0 Å². The lowest BCUT2D eigenvalue weighted by atomic mass is 9.98. The lowest BCUT2D eigenvalue weighted by Crippen LogP contribution is -2.24. The third-order valence-electron chi connectivity index (χ3n) is 3.53. The zero-order chi connectivity index (χ0) is 15.2. The smallest absolute Gasteiger partial charge is 0.0372 e. The van der Waals surface area contributed by atoms with Crippen molar-refractivity contribution < 1.29 is 0 Å². The maximum Gasteiger partial charge on any atom is 0.0372 e. The molecular weight excluding hydrogens is 390 g/mol. The van der Waals surface area contributed by atoms with Crippen molar-refractivity contribution >= 4 is 31.9 Å². The first-order valence-corrected chi connectivity index (χ1v) is 8.92. The van der Waals surface area contributed by atoms with E-state index < -0.39 is 0 Å². The topological polar surface area (TPSA) is 12.0 Å². The largest absolute Gasteiger partial charge is 0.310 e. The zero-order valence-electron chi connectivity index (χ0n) is 12.5. The van der Waals surface area contributed by atoms with Crippen LogP contribution in [0.4, 0.5) is 0 Å². The van der Waals surface area contributed by atoms with Gasteiger partial charge in [0.15, 0.2) is 0 Å². The fourth-order valence-corrected chi connectivity index (χ4v) is 3.42. The molecule has 1 atom stereocenters. The van der Waals surface area contributed by atoms with Gasteiger partial charge in [-0.25, -0.2) is 0 Å². The number of aryl methyl sites for hydroxylation is 1. The van der Waals surface area contributed by atoms with Crippen molar-refractivity contribution in [2.45, 2.75) is 32.7 Å². The fraction of sp³-hybridized carbons (Fsp3) is 0.333. The van der Waals surface area contributed by atoms with Gasteiger partial charge < -0.3 is 5.32 Å². The molecule has 1 N–H and O–H groups in total. The molecule has 1 unspecified atom stereocenters. The maximum atomic E-state index is 3.72. The van der Waals surface area contributed by atoms with E-state index >= 15 is 0 Å². The van der Waals surface area contributed by atoms with Gasteiger partial charge in [0, 0.05) is 15.0 Å². The first-order chi connectivity index (χ1) is 10.1. The highest BCUT2D eigenvalue weighted by Crippen LogP contribution is 2.27. The van der Waals surface area contributed by atoms with Crippen molar-refractivity contribution in [3.05, 3.63) is 68.1 Å². The Kier molecular flexibility index (Phi) is 6.46. The molecule has 2 aromatic carbocycles. The Hall–Kier alpha value is -0.640. The van der Waals surface area contributed by atoms with Gasteiger partial charge in [-0.3, -0.25) is 0 Å². The van der Waals surface area contributed by atoms with Crippen molar-refractivity contribution in [3.63, 3.8) is 0 Å². The summed E-state index contributed by atoms with van der Waals surface area (Å²) < 4.78 is 2.31. The second kappa shape index (κ2) is 8.11. The van der Waals surface area contributed by atoms with E-state index in [-0.39, 0.29) is 0 Å². The molecular formula is C18H21Br2N. The quantitative estimate of drug-likeness (QED) is 0.634. The normalized spacial score (nSPS) is 12.4. The van der Waals surface area contributed by atoms with E-state index in [1.807, 2.05) is 0 Å². The summed E-state index contributed by atoms with van der Waals surface area (Å²) in [5.74, 6) is 0. The first-order valence-electron chi connectivity index (χ1n) is 7.34. The molecule has 1 nitrogen and oxygen atoms in total. The summed E-state index contributed by atoms with van der Waals surface area (Å²) in [6, 6.07) is 15.5. The Morgan fingerprint density at radius 3 is 2.38 bits per heavy atom. The summed E-state index contributed by atoms with van der Waals surface area (Å²) in [6.45, 7) is 5.35. The van der Waals surface area contributed by atoms with Crippen molar-refractivity contribution in [2.75, 3.05) is 6.54 Å². The number of benzene rings is 2. The molecule has 0 aliphatic carbocycles. The molecule has 0 fully saturated rings. The summed E-state index contributed by atoms with van der Waals surface area (Å²) in [4.78, 5) is 0. The average Bonchev–Trinajstić information content (AvgIpc) is 2.46. The van der Waals surface area contributed by atoms with Crippen LogP contribution in [0, 0.1) is 6.92 Å². The molecule has 2 rings (SSSR count). The van der Waals surface area contributed by atoms with Gasteiger partial charge in [-0.05, 0) is 61.2 Å². The first kappa shape index (κ1) is 16.7. The Bertz CT molecular complexity index is 578. The monoisotopic (exact) mass is 409 g/mol. The van der Waals surface area contributed by atoms with E-state index in [4.69, 9.17) is 0 Å². The minimum atomic E-state index is 0.334. The van der Waals surface area contributed by atoms with Crippen LogP contribution in [0.25, 0.3) is 0 Å². The standard InChI is InChI=1S/C18H21Br2N/c1-3-10-21-18(12-14-5-7-15(19)8-6-14)16-9-4-13(2)11-17(16)20/h4-9,11,18,21H,3,10,12H2,1-2H3. The number of halogens is 2. The van der Waals surface area contributed by atoms with E-state index in [1.54, 1.807) is 0 Å². The molecule has 21 heavy (non-hydrogen) atoms. The minimum absolute atomic E-state index is 0.334. The zero-order valence-corrected chi connectivity index (χ0v) is 15.7. The Morgan fingerprint density at radius 2 is 1.76 bits per heavy atom. The number of hydrogen-bond donors (Lipinski definition) is 1. The lowest BCUT2D eigenvalue weighted by Gasteiger charge is -2.21. The highest BCUT2D eigenvalue weighted by Gasteiger charge is 2.14. The van der Waals surface area contributed by atoms with Gasteiger partial charge in [-0.2, -0.15) is 0 Å². The third-order valence-corrected chi connectivity index (χ3v) is 4.74. The molecule has 0 aliphatic rings. The van der Waals surface area contributed by atoms with Crippen LogP contribution in [0.3, 0.4) is 0 Å². The molecule has 2 aromatic rings. The van der Waals surface area contributed by atoms with Crippen molar-refractivity contribution in [1.82, 2.24) is 5.32 Å². The molecule has 0 heterocycles. The molecule has 0 bridgehead atoms. The van der Waals surface area contributed by atoms with Crippen LogP contribution in [0.2, 0.25) is 0 Å². The fourth-order valence-electron chi connectivity index (χ4n) is 2.38. The molecule has 3 heteroatoms. The van der Waals surface area contributed by atoms with E-state index in [0.29, 0.717) is 6.04 Å². The van der Waals surface area contributed by atoms with Gasteiger partial charge in [0.05, 0.1) is 0 Å². The van der Waals surface area contributed by atoms with Crippen LogP contribution in [-0.4, -0.2) is 6.54 Å². The lowest BCUT2D eigenvalue weighted by molar-refractivity contribution is 0.527. The van der Waals surface area contributed by atoms with Crippen LogP contribution in [0.15, 0.2) is 51.4 Å². The molecule has 0 aliphatic heterocycles. The Morgan fingerprint density at radius 1 is 1.05 bits per heavy atom. The van der Waals surface area contributed by atoms with Crippen molar-refractivity contribution in [3.8, 4) is 0 Å². The van der Waals surface area contributed by atoms with Gasteiger partial charge in [0.25, 0.3) is 0 Å². The van der Waals surface area contributed by atoms with E-state index in [1.165, 1.54) is 21.2 Å². The summed E-state index contributed by atoms with van der Waals surface area (Å²) >= 11 is 7.21. The van der Waals surface area contributed by atoms with Crippen molar-refractivity contribution in [2.24, 2.45) is 0 Å². The van der Waals surface area contributed by atoms with Gasteiger partial charge >= 0.3 is 0 Å². The van der Waals surface area contributed by atoms with Crippen molar-refractivity contribution in [1.29, 1.82) is 0 Å². The molecule has 112 valence electrons. The number of hydrogen-bond acceptors (Lipinski definition) is 1. The molecule has 0 aromatic heterocycles. The van der Waals surface area contributed by atoms with Crippen LogP contribution >= 0.6 is 31.9 Å². The summed E-state index contributed by atoms with van der Waals surface area (Å²) in [5.41, 5.74) is 3.96. The van der Waals surface area contributed by atoms with Gasteiger partial charge in [0.1, 0.15) is 0 Å². The third kappa shape index (κ3) is 4.94. The van der Waals surface area contributed by atoms with Crippen LogP contribution in [-0.2, 0) is 6.42 Å². The highest BCUT2D eigenvalue weighted by molar-refractivity contribution is 9.10. The Labute approximate surface area is 144 Å². The molecule has 0 amide bonds. The van der Waals surface area contributed by atoms with E-state index in [9.17, 15) is 0 Å². The number of nitrogens with one attached hydrogen (secondary N) is 1. The molecule has 0 spiro atoms. The maximum absolute atomic E-state index is 3.72. The molecule has 0 saturated heterocycles. The number of rotatable bonds is 6. The second-order valence-corrected chi connectivity index (χ2v) is 7.13. The minimum Gasteiger partial charge on any atom is -0.310 e. The van der Waals surface area contributed by atoms with E-state index in [0.717, 1.165) is 23.9 Å². The predicted molar refractivity (Wildman–Crippen MR) is 97.8 cm³/mol. The van der Waals surface area contributed by atoms with Gasteiger partial charge in [-0.15, -0.1) is 0 Å². The predicted octanol–water partition coefficient (Wildman–Crippen LogP) is 5.80. The summed E-state index contributed by atoms with van der Waals surface area (Å²) in [6.07, 6.45) is 2.13. The van der Waals surface area contributed by atoms with E-state index in [2.05, 4.69) is 93.5 Å². The highest BCUT2D eigenvalue weighted by atomic mass is 79.9.